The van der Waals surface area contributed by atoms with Gasteiger partial charge in [-0.05, 0) is 0 Å². The van der Waals surface area contributed by atoms with Crippen LogP contribution in [-0.2, 0) is 20.3 Å². The van der Waals surface area contributed by atoms with Gasteiger partial charge < -0.3 is 5.11 Å². The molecule has 2 nitrogen and oxygen atoms in total. The maximum absolute atomic E-state index is 9.00. The molecular weight excluding hydrogens is 151 g/mol. The van der Waals surface area contributed by atoms with E-state index in [1.54, 1.807) is 6.08 Å². The second kappa shape index (κ2) is 9.86. The molecule has 0 rings (SSSR count). The summed E-state index contributed by atoms with van der Waals surface area (Å²) in [6, 6.07) is 0. The van der Waals surface area contributed by atoms with Crippen LogP contribution in [0, 0.1) is 0 Å². The monoisotopic (exact) mass is 159 g/mol. The van der Waals surface area contributed by atoms with Gasteiger partial charge in [-0.15, -0.1) is 0 Å². The fraction of sp³-hybridized carbons (Fsp3) is 0.400. The first-order chi connectivity index (χ1) is 3.65. The Morgan fingerprint density at radius 3 is 2.12 bits per heavy atom. The minimum Gasteiger partial charge on any atom is -0.481 e. The number of carboxylic acids is 1. The zero-order chi connectivity index (χ0) is 6.99. The molecule has 0 unspecified atom stereocenters. The molecule has 0 aromatic carbocycles. The Bertz CT molecular complexity index is 66.8. The Kier molecular flexibility index (Phi) is 13.1. The van der Waals surface area contributed by atoms with Crippen LogP contribution in [0.2, 0.25) is 5.39 Å². The largest absolute Gasteiger partial charge is 0.481 e. The van der Waals surface area contributed by atoms with E-state index in [2.05, 4.69) is 22.0 Å². The minimum absolute atomic E-state index is 0.708. The zero-order valence-electron chi connectivity index (χ0n) is 4.66. The van der Waals surface area contributed by atoms with Crippen LogP contribution in [-0.4, -0.2) is 11.1 Å². The van der Waals surface area contributed by atoms with Crippen molar-refractivity contribution in [3.8, 4) is 0 Å². The third-order valence-electron chi connectivity index (χ3n) is 0.0913. The van der Waals surface area contributed by atoms with Crippen molar-refractivity contribution in [3.63, 3.8) is 0 Å². The van der Waals surface area contributed by atoms with Gasteiger partial charge in [-0.2, -0.15) is 0 Å². The summed E-state index contributed by atoms with van der Waals surface area (Å²) in [7, 11) is 0. The summed E-state index contributed by atoms with van der Waals surface area (Å²) in [5.74, 6) is -0.833. The molecule has 51 valence electrons. The van der Waals surface area contributed by atoms with Gasteiger partial charge in [-0.25, -0.2) is 0 Å². The fourth-order valence-corrected chi connectivity index (χ4v) is 0. The van der Waals surface area contributed by atoms with Gasteiger partial charge in [0.25, 0.3) is 5.97 Å². The number of allylic oxidation sites excluding steroid dienone is 1. The third kappa shape index (κ3) is 255. The summed E-state index contributed by atoms with van der Waals surface area (Å²) in [6.07, 6.45) is 1.71. The van der Waals surface area contributed by atoms with Crippen molar-refractivity contribution < 1.29 is 25.4 Å². The zero-order valence-corrected chi connectivity index (χ0v) is 5.65. The van der Waals surface area contributed by atoms with Gasteiger partial charge in [0.1, 0.15) is 0 Å². The molecule has 0 atom stereocenters. The first kappa shape index (κ1) is 10.6. The first-order valence-electron chi connectivity index (χ1n) is 1.97. The van der Waals surface area contributed by atoms with E-state index in [-0.39, 0.29) is 0 Å². The Labute approximate surface area is 57.0 Å². The van der Waals surface area contributed by atoms with Crippen molar-refractivity contribution >= 4 is 5.97 Å². The normalized spacial score (nSPS) is 6.38. The van der Waals surface area contributed by atoms with Crippen LogP contribution in [0.25, 0.3) is 0 Å². The van der Waals surface area contributed by atoms with Crippen molar-refractivity contribution in [2.75, 3.05) is 0 Å². The van der Waals surface area contributed by atoms with Crippen LogP contribution < -0.4 is 0 Å². The molecule has 0 amide bonds. The number of hydrogen-bond acceptors (Lipinski definition) is 1. The molecule has 0 bridgehead atoms. The number of rotatable bonds is 1. The molecule has 8 heavy (non-hydrogen) atoms. The van der Waals surface area contributed by atoms with Crippen molar-refractivity contribution in [1.82, 2.24) is 0 Å². The summed E-state index contributed by atoms with van der Waals surface area (Å²) >= 11 is 4.20. The molecule has 0 radical (unpaired) electrons. The Hall–Kier alpha value is -0.296. The van der Waals surface area contributed by atoms with Crippen LogP contribution in [0.15, 0.2) is 12.7 Å². The summed E-state index contributed by atoms with van der Waals surface area (Å²) in [5, 5.41) is 8.12. The van der Waals surface area contributed by atoms with Crippen molar-refractivity contribution in [3.05, 3.63) is 12.7 Å². The SMILES string of the molecule is C=C[CH2][Ni].CC(=O)O. The molecule has 0 spiro atoms. The van der Waals surface area contributed by atoms with Crippen LogP contribution in [0.3, 0.4) is 0 Å². The number of aliphatic carboxylic acids is 1. The molecule has 0 fully saturated rings. The quantitative estimate of drug-likeness (QED) is 0.462. The summed E-state index contributed by atoms with van der Waals surface area (Å²) in [6.45, 7) is 4.47. The third-order valence-corrected chi connectivity index (χ3v) is 0.376. The molecule has 1 N–H and O–H groups in total. The van der Waals surface area contributed by atoms with E-state index < -0.39 is 5.97 Å². The van der Waals surface area contributed by atoms with Crippen LogP contribution in [0.5, 0.6) is 0 Å². The second-order valence-electron chi connectivity index (χ2n) is 0.937. The number of carbonyl (C=O) groups is 1. The Morgan fingerprint density at radius 1 is 2.00 bits per heavy atom. The molecule has 0 aliphatic heterocycles. The van der Waals surface area contributed by atoms with E-state index in [0.29, 0.717) is 5.39 Å². The predicted octanol–water partition coefficient (Wildman–Crippen LogP) is 1.23. The standard InChI is InChI=1S/C3H5.C2H4O2.Ni/c1-3-2;1-2(3)4;/h3H,1-2H2;1H3,(H,3,4);. The van der Waals surface area contributed by atoms with Crippen LogP contribution in [0.1, 0.15) is 6.92 Å². The Morgan fingerprint density at radius 2 is 2.12 bits per heavy atom. The molecule has 0 aliphatic rings. The van der Waals surface area contributed by atoms with Crippen LogP contribution in [0.4, 0.5) is 0 Å². The predicted molar refractivity (Wildman–Crippen MR) is 28.3 cm³/mol. The first-order valence-corrected chi connectivity index (χ1v) is 2.67. The minimum atomic E-state index is -0.833. The molecule has 0 saturated heterocycles. The van der Waals surface area contributed by atoms with E-state index in [4.69, 9.17) is 9.90 Å². The van der Waals surface area contributed by atoms with E-state index >= 15 is 0 Å². The van der Waals surface area contributed by atoms with Gasteiger partial charge in [-0.1, -0.05) is 0 Å². The fourth-order valence-electron chi connectivity index (χ4n) is 0. The topological polar surface area (TPSA) is 37.3 Å². The number of carboxylic acid groups (broad SMARTS) is 1. The van der Waals surface area contributed by atoms with Crippen molar-refractivity contribution in [2.45, 2.75) is 12.3 Å². The van der Waals surface area contributed by atoms with Gasteiger partial charge in [0.2, 0.25) is 0 Å². The van der Waals surface area contributed by atoms with Gasteiger partial charge in [0, 0.05) is 6.92 Å². The molecule has 0 aromatic heterocycles. The van der Waals surface area contributed by atoms with E-state index in [1.165, 1.54) is 0 Å². The van der Waals surface area contributed by atoms with Gasteiger partial charge in [0.05, 0.1) is 0 Å². The van der Waals surface area contributed by atoms with E-state index in [0.717, 1.165) is 6.92 Å². The van der Waals surface area contributed by atoms with Crippen molar-refractivity contribution in [1.29, 1.82) is 0 Å². The average Bonchev–Trinajstić information content (AvgIpc) is 1.65. The Balaban J connectivity index is 0. The summed E-state index contributed by atoms with van der Waals surface area (Å²) in [5.41, 5.74) is 0. The van der Waals surface area contributed by atoms with Gasteiger partial charge >= 0.3 is 33.5 Å². The van der Waals surface area contributed by atoms with E-state index in [9.17, 15) is 0 Å². The molecule has 0 heterocycles. The number of hydrogen-bond donors (Lipinski definition) is 1. The average molecular weight is 160 g/mol. The smallest absolute Gasteiger partial charge is 0.300 e. The van der Waals surface area contributed by atoms with Gasteiger partial charge in [-0.3, -0.25) is 4.79 Å². The van der Waals surface area contributed by atoms with Crippen LogP contribution >= 0.6 is 0 Å². The second-order valence-corrected chi connectivity index (χ2v) is 1.34. The molecule has 0 saturated carbocycles. The molecule has 3 heteroatoms. The molecule has 0 aromatic rings. The van der Waals surface area contributed by atoms with Crippen molar-refractivity contribution in [2.24, 2.45) is 0 Å². The maximum atomic E-state index is 9.00. The van der Waals surface area contributed by atoms with E-state index in [1.807, 2.05) is 0 Å². The summed E-state index contributed by atoms with van der Waals surface area (Å²) < 4.78 is 0. The molecule has 0 aliphatic carbocycles. The summed E-state index contributed by atoms with van der Waals surface area (Å²) in [4.78, 5) is 9.00. The molecular formula is C5H9NiO2. The maximum Gasteiger partial charge on any atom is 0.300 e. The van der Waals surface area contributed by atoms with Gasteiger partial charge in [0.15, 0.2) is 0 Å².